The van der Waals surface area contributed by atoms with E-state index in [-0.39, 0.29) is 12.2 Å². The Bertz CT molecular complexity index is 752. The average Bonchev–Trinajstić information content (AvgIpc) is 2.58. The van der Waals surface area contributed by atoms with Gasteiger partial charge in [0, 0.05) is 18.3 Å². The minimum Gasteiger partial charge on any atom is -0.406 e. The summed E-state index contributed by atoms with van der Waals surface area (Å²) in [6.07, 6.45) is -4.82. The topological polar surface area (TPSA) is 79.5 Å². The van der Waals surface area contributed by atoms with Crippen LogP contribution in [0.25, 0.3) is 0 Å². The molecule has 2 rings (SSSR count). The van der Waals surface area contributed by atoms with Gasteiger partial charge in [-0.05, 0) is 17.7 Å². The number of benzene rings is 2. The van der Waals surface area contributed by atoms with Crippen LogP contribution < -0.4 is 20.7 Å². The summed E-state index contributed by atoms with van der Waals surface area (Å²) in [7, 11) is 0. The normalized spacial score (nSPS) is 10.7. The van der Waals surface area contributed by atoms with Gasteiger partial charge in [0.05, 0.1) is 6.54 Å². The van der Waals surface area contributed by atoms with E-state index in [1.165, 1.54) is 12.1 Å². The number of hydrogen-bond donors (Lipinski definition) is 3. The third-order valence-electron chi connectivity index (χ3n) is 3.06. The summed E-state index contributed by atoms with van der Waals surface area (Å²) in [5.41, 5.74) is 1.01. The molecule has 0 saturated heterocycles. The number of nitrogens with one attached hydrogen (secondary N) is 3. The summed E-state index contributed by atoms with van der Waals surface area (Å²) in [6, 6.07) is 13.5. The zero-order valence-electron chi connectivity index (χ0n) is 13.5. The predicted molar refractivity (Wildman–Crippen MR) is 88.4 cm³/mol. The van der Waals surface area contributed by atoms with Crippen LogP contribution in [0.15, 0.2) is 54.6 Å². The number of anilines is 1. The number of rotatable bonds is 6. The Morgan fingerprint density at radius 1 is 0.962 bits per heavy atom. The zero-order valence-corrected chi connectivity index (χ0v) is 13.5. The van der Waals surface area contributed by atoms with Gasteiger partial charge < -0.3 is 20.7 Å². The first-order valence-electron chi connectivity index (χ1n) is 7.53. The highest BCUT2D eigenvalue weighted by Gasteiger charge is 2.31. The lowest BCUT2D eigenvalue weighted by Gasteiger charge is -2.11. The molecule has 0 aliphatic carbocycles. The molecule has 0 saturated carbocycles. The number of halogens is 3. The molecule has 0 aliphatic heterocycles. The molecule has 0 radical (unpaired) electrons. The van der Waals surface area contributed by atoms with E-state index in [9.17, 15) is 22.8 Å². The van der Waals surface area contributed by atoms with Crippen molar-refractivity contribution in [3.63, 3.8) is 0 Å². The Morgan fingerprint density at radius 2 is 1.69 bits per heavy atom. The fourth-order valence-corrected chi connectivity index (χ4v) is 1.98. The van der Waals surface area contributed by atoms with Crippen LogP contribution in [0.1, 0.15) is 5.56 Å². The maximum Gasteiger partial charge on any atom is 0.573 e. The molecule has 0 atom stereocenters. The van der Waals surface area contributed by atoms with E-state index in [4.69, 9.17) is 0 Å². The van der Waals surface area contributed by atoms with E-state index >= 15 is 0 Å². The average molecular weight is 367 g/mol. The maximum atomic E-state index is 12.2. The zero-order chi connectivity index (χ0) is 19.0. The molecule has 26 heavy (non-hydrogen) atoms. The molecule has 138 valence electrons. The third-order valence-corrected chi connectivity index (χ3v) is 3.06. The molecule has 2 aromatic rings. The second-order valence-electron chi connectivity index (χ2n) is 5.15. The number of hydrogen-bond acceptors (Lipinski definition) is 3. The number of alkyl halides is 3. The first kappa shape index (κ1) is 19.1. The minimum atomic E-state index is -4.82. The van der Waals surface area contributed by atoms with Crippen molar-refractivity contribution < 1.29 is 27.5 Å². The minimum absolute atomic E-state index is 0.114. The van der Waals surface area contributed by atoms with Crippen molar-refractivity contribution >= 4 is 17.6 Å². The van der Waals surface area contributed by atoms with Crippen molar-refractivity contribution in [3.8, 4) is 5.75 Å². The molecule has 0 spiro atoms. The van der Waals surface area contributed by atoms with Gasteiger partial charge >= 0.3 is 12.4 Å². The Kier molecular flexibility index (Phi) is 6.42. The van der Waals surface area contributed by atoms with Gasteiger partial charge in [-0.25, -0.2) is 4.79 Å². The van der Waals surface area contributed by atoms with Crippen molar-refractivity contribution in [2.24, 2.45) is 0 Å². The molecule has 3 amide bonds. The first-order valence-corrected chi connectivity index (χ1v) is 7.53. The summed E-state index contributed by atoms with van der Waals surface area (Å²) < 4.78 is 40.3. The molecule has 0 fully saturated rings. The molecule has 0 unspecified atom stereocenters. The fraction of sp³-hybridized carbons (Fsp3) is 0.176. The van der Waals surface area contributed by atoms with Crippen LogP contribution in [0.5, 0.6) is 5.75 Å². The predicted octanol–water partition coefficient (Wildman–Crippen LogP) is 3.02. The summed E-state index contributed by atoms with van der Waals surface area (Å²) in [5.74, 6) is -1.05. The van der Waals surface area contributed by atoms with Gasteiger partial charge in [-0.2, -0.15) is 0 Å². The van der Waals surface area contributed by atoms with Crippen molar-refractivity contribution in [3.05, 3.63) is 60.2 Å². The smallest absolute Gasteiger partial charge is 0.406 e. The van der Waals surface area contributed by atoms with Crippen LogP contribution in [0.4, 0.5) is 23.7 Å². The van der Waals surface area contributed by atoms with Gasteiger partial charge in [0.2, 0.25) is 5.91 Å². The van der Waals surface area contributed by atoms with Gasteiger partial charge in [-0.15, -0.1) is 13.2 Å². The molecule has 3 N–H and O–H groups in total. The van der Waals surface area contributed by atoms with Crippen LogP contribution in [0.3, 0.4) is 0 Å². The number of amides is 3. The standard InChI is InChI=1S/C17H16F3N3O3/c18-17(19,20)26-14-8-4-7-13(9-14)23-15(24)11-22-16(25)21-10-12-5-2-1-3-6-12/h1-9H,10-11H2,(H,23,24)(H2,21,22,25). The molecular weight excluding hydrogens is 351 g/mol. The lowest BCUT2D eigenvalue weighted by Crippen LogP contribution is -2.39. The molecular formula is C17H16F3N3O3. The van der Waals surface area contributed by atoms with Gasteiger partial charge in [0.15, 0.2) is 0 Å². The largest absolute Gasteiger partial charge is 0.573 e. The van der Waals surface area contributed by atoms with Crippen LogP contribution >= 0.6 is 0 Å². The van der Waals surface area contributed by atoms with Crippen LogP contribution in [-0.2, 0) is 11.3 Å². The number of carbonyl (C=O) groups excluding carboxylic acids is 2. The van der Waals surface area contributed by atoms with E-state index in [0.717, 1.165) is 17.7 Å². The summed E-state index contributed by atoms with van der Waals surface area (Å²) in [5, 5.41) is 7.30. The molecule has 0 aliphatic rings. The molecule has 6 nitrogen and oxygen atoms in total. The van der Waals surface area contributed by atoms with Gasteiger partial charge in [-0.3, -0.25) is 4.79 Å². The highest BCUT2D eigenvalue weighted by molar-refractivity contribution is 5.94. The second kappa shape index (κ2) is 8.75. The molecule has 9 heteroatoms. The van der Waals surface area contributed by atoms with Gasteiger partial charge in [0.25, 0.3) is 0 Å². The van der Waals surface area contributed by atoms with Gasteiger partial charge in [0.1, 0.15) is 5.75 Å². The lowest BCUT2D eigenvalue weighted by molar-refractivity contribution is -0.274. The molecule has 0 aromatic heterocycles. The second-order valence-corrected chi connectivity index (χ2v) is 5.15. The Balaban J connectivity index is 1.76. The van der Waals surface area contributed by atoms with E-state index < -0.39 is 24.1 Å². The highest BCUT2D eigenvalue weighted by atomic mass is 19.4. The summed E-state index contributed by atoms with van der Waals surface area (Å²) >= 11 is 0. The Labute approximate surface area is 147 Å². The van der Waals surface area contributed by atoms with Gasteiger partial charge in [-0.1, -0.05) is 36.4 Å². The summed E-state index contributed by atoms with van der Waals surface area (Å²) in [6.45, 7) is -0.0455. The van der Waals surface area contributed by atoms with E-state index in [1.807, 2.05) is 30.3 Å². The van der Waals surface area contributed by atoms with Crippen LogP contribution in [-0.4, -0.2) is 24.8 Å². The fourth-order valence-electron chi connectivity index (χ4n) is 1.98. The molecule has 0 heterocycles. The van der Waals surface area contributed by atoms with E-state index in [0.29, 0.717) is 6.54 Å². The first-order chi connectivity index (χ1) is 12.3. The van der Waals surface area contributed by atoms with E-state index in [1.54, 1.807) is 0 Å². The Morgan fingerprint density at radius 3 is 2.38 bits per heavy atom. The van der Waals surface area contributed by atoms with Crippen LogP contribution in [0.2, 0.25) is 0 Å². The molecule has 2 aromatic carbocycles. The van der Waals surface area contributed by atoms with Crippen molar-refractivity contribution in [1.29, 1.82) is 0 Å². The Hall–Kier alpha value is -3.23. The quantitative estimate of drug-likeness (QED) is 0.734. The third kappa shape index (κ3) is 7.12. The number of ether oxygens (including phenoxy) is 1. The number of urea groups is 1. The van der Waals surface area contributed by atoms with Crippen molar-refractivity contribution in [2.45, 2.75) is 12.9 Å². The SMILES string of the molecule is O=C(CNC(=O)NCc1ccccc1)Nc1cccc(OC(F)(F)F)c1. The van der Waals surface area contributed by atoms with E-state index in [2.05, 4.69) is 20.7 Å². The van der Waals surface area contributed by atoms with Crippen LogP contribution in [0, 0.1) is 0 Å². The monoisotopic (exact) mass is 367 g/mol. The highest BCUT2D eigenvalue weighted by Crippen LogP contribution is 2.24. The number of carbonyl (C=O) groups is 2. The molecule has 0 bridgehead atoms. The maximum absolute atomic E-state index is 12.2. The lowest BCUT2D eigenvalue weighted by atomic mass is 10.2. The summed E-state index contributed by atoms with van der Waals surface area (Å²) in [4.78, 5) is 23.4. The van der Waals surface area contributed by atoms with Crippen molar-refractivity contribution in [2.75, 3.05) is 11.9 Å². The van der Waals surface area contributed by atoms with Crippen molar-refractivity contribution in [1.82, 2.24) is 10.6 Å².